The average molecular weight is 974 g/mol. The fraction of sp³-hybridized carbons (Fsp3) is 0.940. The molecular formula is C50H104O8Si5. The van der Waals surface area contributed by atoms with E-state index in [1.54, 1.807) is 0 Å². The van der Waals surface area contributed by atoms with Crippen LogP contribution in [0, 0.1) is 0 Å². The Morgan fingerprint density at radius 3 is 1.48 bits per heavy atom. The van der Waals surface area contributed by atoms with Crippen molar-refractivity contribution >= 4 is 47.6 Å². The van der Waals surface area contributed by atoms with Crippen LogP contribution in [0.15, 0.2) is 11.6 Å². The molecule has 2 heterocycles. The van der Waals surface area contributed by atoms with Crippen LogP contribution < -0.4 is 0 Å². The number of unbranched alkanes of at least 4 members (excludes halogenated alkanes) is 11. The fourth-order valence-corrected chi connectivity index (χ4v) is 15.3. The van der Waals surface area contributed by atoms with Crippen molar-refractivity contribution in [1.29, 1.82) is 0 Å². The zero-order valence-corrected chi connectivity index (χ0v) is 49.5. The Bertz CT molecular complexity index is 1280. The standard InChI is InChI=1S/C50H104O8Si5/c1-18-19-20-21-22-23-24-25-26-30-33-47(56-61(9,10)11)49(58-63(15,16)17)37-36-48(57-62(12,13)14)46-35-34-43(53-46)40-45(55-60(6,7)8)32-29-27-28-31-44(54-59(3,4)5)39-42-38-41(2)52-50(42)51/h38,41,43-49H,18-37,39-40H2,1-17H3/t41-,43-,44+,45+,46-,47+,48-,49+/m0/s1. The Labute approximate surface area is 395 Å². The fourth-order valence-electron chi connectivity index (χ4n) is 9.33. The van der Waals surface area contributed by atoms with Crippen LogP contribution in [0.1, 0.15) is 155 Å². The van der Waals surface area contributed by atoms with Crippen LogP contribution in [-0.2, 0) is 36.4 Å². The molecule has 2 rings (SSSR count). The van der Waals surface area contributed by atoms with E-state index in [4.69, 9.17) is 31.6 Å². The first kappa shape index (κ1) is 59.2. The Morgan fingerprint density at radius 1 is 0.540 bits per heavy atom. The van der Waals surface area contributed by atoms with Gasteiger partial charge in [0.25, 0.3) is 0 Å². The Morgan fingerprint density at radius 2 is 0.984 bits per heavy atom. The van der Waals surface area contributed by atoms with Gasteiger partial charge in [-0.2, -0.15) is 0 Å². The molecule has 0 N–H and O–H groups in total. The van der Waals surface area contributed by atoms with E-state index in [1.807, 2.05) is 13.0 Å². The van der Waals surface area contributed by atoms with Gasteiger partial charge in [-0.05, 0) is 163 Å². The number of carbonyl (C=O) groups is 1. The molecule has 8 atom stereocenters. The third-order valence-electron chi connectivity index (χ3n) is 11.6. The van der Waals surface area contributed by atoms with Crippen LogP contribution in [0.4, 0.5) is 0 Å². The van der Waals surface area contributed by atoms with E-state index in [1.165, 1.54) is 64.2 Å². The van der Waals surface area contributed by atoms with E-state index in [0.717, 1.165) is 76.2 Å². The first-order valence-corrected chi connectivity index (χ1v) is 43.1. The molecule has 8 nitrogen and oxygen atoms in total. The van der Waals surface area contributed by atoms with Gasteiger partial charge in [-0.15, -0.1) is 0 Å². The highest BCUT2D eigenvalue weighted by Gasteiger charge is 2.39. The topological polar surface area (TPSA) is 81.7 Å². The number of cyclic esters (lactones) is 1. The van der Waals surface area contributed by atoms with Crippen LogP contribution in [0.25, 0.3) is 0 Å². The number of rotatable bonds is 36. The van der Waals surface area contributed by atoms with Crippen molar-refractivity contribution in [2.45, 2.75) is 302 Å². The van der Waals surface area contributed by atoms with Crippen molar-refractivity contribution < 1.29 is 36.4 Å². The number of hydrogen-bond donors (Lipinski definition) is 0. The lowest BCUT2D eigenvalue weighted by Crippen LogP contribution is -2.46. The predicted molar refractivity (Wildman–Crippen MR) is 281 cm³/mol. The second-order valence-electron chi connectivity index (χ2n) is 24.3. The first-order chi connectivity index (χ1) is 29.1. The second-order valence-corrected chi connectivity index (χ2v) is 46.6. The lowest BCUT2D eigenvalue weighted by Gasteiger charge is -2.38. The van der Waals surface area contributed by atoms with E-state index in [0.29, 0.717) is 6.42 Å². The number of carbonyl (C=O) groups excluding carboxylic acids is 1. The second kappa shape index (κ2) is 28.5. The Hall–Kier alpha value is 0.0544. The van der Waals surface area contributed by atoms with Gasteiger partial charge in [0, 0.05) is 24.2 Å². The molecule has 1 saturated heterocycles. The smallest absolute Gasteiger partial charge is 0.334 e. The third kappa shape index (κ3) is 29.5. The third-order valence-corrected chi connectivity index (χ3v) is 16.7. The first-order valence-electron chi connectivity index (χ1n) is 26.1. The van der Waals surface area contributed by atoms with Crippen LogP contribution >= 0.6 is 0 Å². The van der Waals surface area contributed by atoms with Crippen molar-refractivity contribution in [1.82, 2.24) is 0 Å². The molecule has 0 aromatic heterocycles. The molecule has 0 aliphatic carbocycles. The van der Waals surface area contributed by atoms with Gasteiger partial charge in [0.2, 0.25) is 0 Å². The molecule has 0 spiro atoms. The summed E-state index contributed by atoms with van der Waals surface area (Å²) in [7, 11) is -9.04. The highest BCUT2D eigenvalue weighted by atomic mass is 28.4. The largest absolute Gasteiger partial charge is 0.455 e. The molecule has 2 aliphatic rings. The lowest BCUT2D eigenvalue weighted by molar-refractivity contribution is -0.139. The lowest BCUT2D eigenvalue weighted by atomic mass is 9.97. The summed E-state index contributed by atoms with van der Waals surface area (Å²) in [5.74, 6) is -0.177. The van der Waals surface area contributed by atoms with Crippen molar-refractivity contribution in [3.8, 4) is 0 Å². The minimum absolute atomic E-state index is 0.0608. The summed E-state index contributed by atoms with van der Waals surface area (Å²) in [6.45, 7) is 38.8. The van der Waals surface area contributed by atoms with Gasteiger partial charge < -0.3 is 31.6 Å². The quantitative estimate of drug-likeness (QED) is 0.0349. The highest BCUT2D eigenvalue weighted by Crippen LogP contribution is 2.34. The summed E-state index contributed by atoms with van der Waals surface area (Å²) in [4.78, 5) is 12.4. The van der Waals surface area contributed by atoms with E-state index in [2.05, 4.69) is 105 Å². The zero-order valence-electron chi connectivity index (χ0n) is 44.5. The van der Waals surface area contributed by atoms with Crippen molar-refractivity contribution in [2.75, 3.05) is 0 Å². The molecule has 0 bridgehead atoms. The maximum absolute atomic E-state index is 12.4. The van der Waals surface area contributed by atoms with Gasteiger partial charge in [-0.3, -0.25) is 0 Å². The zero-order chi connectivity index (χ0) is 47.5. The number of esters is 1. The monoisotopic (exact) mass is 973 g/mol. The van der Waals surface area contributed by atoms with E-state index >= 15 is 0 Å². The summed E-state index contributed by atoms with van der Waals surface area (Å²) >= 11 is 0. The molecule has 372 valence electrons. The predicted octanol–water partition coefficient (Wildman–Crippen LogP) is 15.3. The Balaban J connectivity index is 2.06. The van der Waals surface area contributed by atoms with Crippen LogP contribution in [-0.4, -0.2) is 96.4 Å². The van der Waals surface area contributed by atoms with Gasteiger partial charge in [-0.25, -0.2) is 4.79 Å². The molecule has 13 heteroatoms. The molecule has 63 heavy (non-hydrogen) atoms. The molecule has 0 radical (unpaired) electrons. The van der Waals surface area contributed by atoms with Crippen LogP contribution in [0.5, 0.6) is 0 Å². The average Bonchev–Trinajstić information content (AvgIpc) is 3.71. The van der Waals surface area contributed by atoms with Crippen LogP contribution in [0.3, 0.4) is 0 Å². The molecule has 2 aliphatic heterocycles. The normalized spacial score (nSPS) is 21.6. The van der Waals surface area contributed by atoms with Crippen molar-refractivity contribution in [3.63, 3.8) is 0 Å². The van der Waals surface area contributed by atoms with E-state index in [9.17, 15) is 4.79 Å². The molecule has 0 amide bonds. The maximum Gasteiger partial charge on any atom is 0.334 e. The van der Waals surface area contributed by atoms with Gasteiger partial charge in [0.05, 0.1) is 30.5 Å². The minimum Gasteiger partial charge on any atom is -0.455 e. The molecule has 1 fully saturated rings. The van der Waals surface area contributed by atoms with Crippen molar-refractivity contribution in [2.24, 2.45) is 0 Å². The molecule has 0 saturated carbocycles. The van der Waals surface area contributed by atoms with Gasteiger partial charge >= 0.3 is 5.97 Å². The molecule has 0 aromatic rings. The molecule has 0 aromatic carbocycles. The minimum atomic E-state index is -1.86. The molecule has 0 unspecified atom stereocenters. The number of hydrogen-bond acceptors (Lipinski definition) is 8. The summed E-state index contributed by atoms with van der Waals surface area (Å²) < 4.78 is 47.1. The maximum atomic E-state index is 12.4. The summed E-state index contributed by atoms with van der Waals surface area (Å²) in [6.07, 6.45) is 28.1. The SMILES string of the molecule is CCCCCCCCCCCC[C@@H](O[Si](C)(C)C)[C@@H](CC[C@H](O[Si](C)(C)C)[C@@H]1CC[C@@H](C[C@@H](CCCCC[C@H](CC2=C[C@H](C)OC2=O)O[Si](C)(C)C)O[Si](C)(C)C)O1)O[Si](C)(C)C. The summed E-state index contributed by atoms with van der Waals surface area (Å²) in [5, 5.41) is 0. The number of ether oxygens (including phenoxy) is 2. The van der Waals surface area contributed by atoms with E-state index in [-0.39, 0.29) is 54.8 Å². The Kier molecular flexibility index (Phi) is 26.8. The van der Waals surface area contributed by atoms with Crippen molar-refractivity contribution in [3.05, 3.63) is 11.6 Å². The highest BCUT2D eigenvalue weighted by molar-refractivity contribution is 6.71. The van der Waals surface area contributed by atoms with Crippen LogP contribution in [0.2, 0.25) is 98.2 Å². The van der Waals surface area contributed by atoms with Gasteiger partial charge in [0.15, 0.2) is 41.6 Å². The molecular weight excluding hydrogens is 869 g/mol. The van der Waals surface area contributed by atoms with Gasteiger partial charge in [0.1, 0.15) is 6.10 Å². The van der Waals surface area contributed by atoms with E-state index < -0.39 is 41.6 Å². The summed E-state index contributed by atoms with van der Waals surface area (Å²) in [6, 6.07) is 0. The summed E-state index contributed by atoms with van der Waals surface area (Å²) in [5.41, 5.74) is 0.779. The van der Waals surface area contributed by atoms with Gasteiger partial charge in [-0.1, -0.05) is 90.4 Å².